The molecule has 92 valence electrons. The normalized spacial score (nSPS) is 29.8. The SMILES string of the molecule is CC(O)CC(C)[C@H]1CCC1=C1CCCCC1. The van der Waals surface area contributed by atoms with Crippen molar-refractivity contribution in [3.8, 4) is 0 Å². The second kappa shape index (κ2) is 5.35. The first-order valence-electron chi connectivity index (χ1n) is 7.07. The molecule has 2 fully saturated rings. The Morgan fingerprint density at radius 3 is 2.31 bits per heavy atom. The summed E-state index contributed by atoms with van der Waals surface area (Å²) in [5, 5.41) is 9.47. The van der Waals surface area contributed by atoms with Crippen LogP contribution >= 0.6 is 0 Å². The lowest BCUT2D eigenvalue weighted by atomic mass is 9.67. The number of allylic oxidation sites excluding steroid dienone is 2. The molecule has 2 aliphatic rings. The minimum atomic E-state index is -0.131. The van der Waals surface area contributed by atoms with Crippen molar-refractivity contribution in [1.82, 2.24) is 0 Å². The van der Waals surface area contributed by atoms with Gasteiger partial charge in [0, 0.05) is 0 Å². The van der Waals surface area contributed by atoms with Crippen molar-refractivity contribution in [3.05, 3.63) is 11.1 Å². The van der Waals surface area contributed by atoms with Gasteiger partial charge in [-0.2, -0.15) is 0 Å². The van der Waals surface area contributed by atoms with E-state index in [-0.39, 0.29) is 6.10 Å². The number of aliphatic hydroxyl groups is 1. The molecule has 0 aliphatic heterocycles. The Balaban J connectivity index is 1.96. The minimum Gasteiger partial charge on any atom is -0.393 e. The summed E-state index contributed by atoms with van der Waals surface area (Å²) < 4.78 is 0. The maximum Gasteiger partial charge on any atom is 0.0514 e. The zero-order chi connectivity index (χ0) is 11.5. The Morgan fingerprint density at radius 1 is 1.12 bits per heavy atom. The van der Waals surface area contributed by atoms with Crippen LogP contribution in [0.25, 0.3) is 0 Å². The summed E-state index contributed by atoms with van der Waals surface area (Å²) in [5.74, 6) is 1.49. The minimum absolute atomic E-state index is 0.131. The van der Waals surface area contributed by atoms with Crippen LogP contribution in [-0.2, 0) is 0 Å². The van der Waals surface area contributed by atoms with Gasteiger partial charge in [-0.3, -0.25) is 0 Å². The van der Waals surface area contributed by atoms with Crippen LogP contribution in [0.1, 0.15) is 65.2 Å². The summed E-state index contributed by atoms with van der Waals surface area (Å²) in [5.41, 5.74) is 3.58. The zero-order valence-corrected chi connectivity index (χ0v) is 10.8. The van der Waals surface area contributed by atoms with E-state index in [0.717, 1.165) is 12.3 Å². The highest BCUT2D eigenvalue weighted by molar-refractivity contribution is 5.25. The van der Waals surface area contributed by atoms with Crippen LogP contribution < -0.4 is 0 Å². The fourth-order valence-electron chi connectivity index (χ4n) is 3.52. The summed E-state index contributed by atoms with van der Waals surface area (Å²) in [6, 6.07) is 0. The molecule has 2 rings (SSSR count). The molecule has 2 unspecified atom stereocenters. The van der Waals surface area contributed by atoms with Gasteiger partial charge in [-0.25, -0.2) is 0 Å². The predicted octanol–water partition coefficient (Wildman–Crippen LogP) is 4.06. The summed E-state index contributed by atoms with van der Waals surface area (Å²) in [4.78, 5) is 0. The molecular weight excluding hydrogens is 196 g/mol. The molecule has 0 heterocycles. The van der Waals surface area contributed by atoms with Gasteiger partial charge >= 0.3 is 0 Å². The van der Waals surface area contributed by atoms with E-state index >= 15 is 0 Å². The van der Waals surface area contributed by atoms with Crippen molar-refractivity contribution >= 4 is 0 Å². The van der Waals surface area contributed by atoms with E-state index in [9.17, 15) is 5.11 Å². The van der Waals surface area contributed by atoms with E-state index in [1.54, 1.807) is 11.1 Å². The summed E-state index contributed by atoms with van der Waals surface area (Å²) >= 11 is 0. The molecule has 0 aromatic rings. The van der Waals surface area contributed by atoms with Crippen LogP contribution in [0.5, 0.6) is 0 Å². The first-order chi connectivity index (χ1) is 7.68. The molecule has 0 saturated heterocycles. The molecule has 1 heteroatoms. The van der Waals surface area contributed by atoms with Crippen molar-refractivity contribution in [1.29, 1.82) is 0 Å². The molecule has 0 aromatic heterocycles. The molecule has 0 amide bonds. The Bertz CT molecular complexity index is 257. The Hall–Kier alpha value is -0.300. The lowest BCUT2D eigenvalue weighted by Gasteiger charge is -2.39. The van der Waals surface area contributed by atoms with Crippen LogP contribution in [0, 0.1) is 11.8 Å². The number of aliphatic hydroxyl groups excluding tert-OH is 1. The second-order valence-electron chi connectivity index (χ2n) is 5.90. The third kappa shape index (κ3) is 2.68. The number of rotatable bonds is 3. The topological polar surface area (TPSA) is 20.2 Å². The van der Waals surface area contributed by atoms with Gasteiger partial charge in [0.25, 0.3) is 0 Å². The average molecular weight is 222 g/mol. The Kier molecular flexibility index (Phi) is 4.07. The van der Waals surface area contributed by atoms with E-state index in [2.05, 4.69) is 6.92 Å². The van der Waals surface area contributed by atoms with E-state index in [4.69, 9.17) is 0 Å². The molecule has 2 saturated carbocycles. The van der Waals surface area contributed by atoms with E-state index < -0.39 is 0 Å². The van der Waals surface area contributed by atoms with Crippen LogP contribution in [0.3, 0.4) is 0 Å². The fourth-order valence-corrected chi connectivity index (χ4v) is 3.52. The van der Waals surface area contributed by atoms with Crippen molar-refractivity contribution < 1.29 is 5.11 Å². The van der Waals surface area contributed by atoms with Gasteiger partial charge < -0.3 is 5.11 Å². The molecule has 0 bridgehead atoms. The molecule has 3 atom stereocenters. The highest BCUT2D eigenvalue weighted by atomic mass is 16.3. The predicted molar refractivity (Wildman–Crippen MR) is 68.3 cm³/mol. The van der Waals surface area contributed by atoms with Crippen molar-refractivity contribution in [3.63, 3.8) is 0 Å². The van der Waals surface area contributed by atoms with Crippen LogP contribution in [0.4, 0.5) is 0 Å². The molecule has 0 radical (unpaired) electrons. The summed E-state index contributed by atoms with van der Waals surface area (Å²) in [7, 11) is 0. The molecule has 1 N–H and O–H groups in total. The van der Waals surface area contributed by atoms with Crippen molar-refractivity contribution in [2.24, 2.45) is 11.8 Å². The number of hydrogen-bond donors (Lipinski definition) is 1. The number of hydrogen-bond acceptors (Lipinski definition) is 1. The largest absolute Gasteiger partial charge is 0.393 e. The van der Waals surface area contributed by atoms with Gasteiger partial charge in [-0.1, -0.05) is 24.5 Å². The third-order valence-corrected chi connectivity index (χ3v) is 4.48. The standard InChI is InChI=1S/C15H26O/c1-11(10-12(2)16)14-8-9-15(14)13-6-4-3-5-7-13/h11-12,14,16H,3-10H2,1-2H3/t11?,12?,14-/m1/s1. The fraction of sp³-hybridized carbons (Fsp3) is 0.867. The third-order valence-electron chi connectivity index (χ3n) is 4.48. The van der Waals surface area contributed by atoms with E-state index in [1.807, 2.05) is 6.92 Å². The average Bonchev–Trinajstić information content (AvgIpc) is 2.16. The zero-order valence-electron chi connectivity index (χ0n) is 10.8. The van der Waals surface area contributed by atoms with Crippen molar-refractivity contribution in [2.45, 2.75) is 71.3 Å². The highest BCUT2D eigenvalue weighted by Gasteiger charge is 2.32. The maximum absolute atomic E-state index is 9.47. The Morgan fingerprint density at radius 2 is 1.81 bits per heavy atom. The van der Waals surface area contributed by atoms with E-state index in [0.29, 0.717) is 5.92 Å². The lowest BCUT2D eigenvalue weighted by Crippen LogP contribution is -2.27. The smallest absolute Gasteiger partial charge is 0.0514 e. The molecule has 2 aliphatic carbocycles. The summed E-state index contributed by atoms with van der Waals surface area (Å²) in [6.07, 6.45) is 10.6. The Labute approximate surface area is 99.9 Å². The second-order valence-corrected chi connectivity index (χ2v) is 5.90. The lowest BCUT2D eigenvalue weighted by molar-refractivity contribution is 0.140. The molecule has 16 heavy (non-hydrogen) atoms. The van der Waals surface area contributed by atoms with Gasteiger partial charge in [-0.05, 0) is 63.7 Å². The van der Waals surface area contributed by atoms with Gasteiger partial charge in [0.2, 0.25) is 0 Å². The maximum atomic E-state index is 9.47. The van der Waals surface area contributed by atoms with E-state index in [1.165, 1.54) is 44.9 Å². The monoisotopic (exact) mass is 222 g/mol. The van der Waals surface area contributed by atoms with Crippen LogP contribution in [-0.4, -0.2) is 11.2 Å². The molecule has 1 nitrogen and oxygen atoms in total. The van der Waals surface area contributed by atoms with Crippen molar-refractivity contribution in [2.75, 3.05) is 0 Å². The van der Waals surface area contributed by atoms with Crippen LogP contribution in [0.15, 0.2) is 11.1 Å². The molecular formula is C15H26O. The summed E-state index contributed by atoms with van der Waals surface area (Å²) in [6.45, 7) is 4.24. The quantitative estimate of drug-likeness (QED) is 0.714. The van der Waals surface area contributed by atoms with Gasteiger partial charge in [0.1, 0.15) is 0 Å². The van der Waals surface area contributed by atoms with Gasteiger partial charge in [-0.15, -0.1) is 0 Å². The highest BCUT2D eigenvalue weighted by Crippen LogP contribution is 2.45. The van der Waals surface area contributed by atoms with Gasteiger partial charge in [0.15, 0.2) is 0 Å². The van der Waals surface area contributed by atoms with Crippen LogP contribution in [0.2, 0.25) is 0 Å². The molecule has 0 aromatic carbocycles. The first kappa shape index (κ1) is 12.2. The van der Waals surface area contributed by atoms with Gasteiger partial charge in [0.05, 0.1) is 6.10 Å². The molecule has 0 spiro atoms. The first-order valence-corrected chi connectivity index (χ1v) is 7.07.